The number of carbonyl (C=O) groups excluding carboxylic acids is 3. The highest BCUT2D eigenvalue weighted by Gasteiger charge is 2.39. The Morgan fingerprint density at radius 3 is 2.18 bits per heavy atom. The van der Waals surface area contributed by atoms with E-state index in [1.807, 2.05) is 93.6 Å². The fourth-order valence-electron chi connectivity index (χ4n) is 7.22. The Balaban J connectivity index is 1.08. The molecule has 2 amide bonds. The summed E-state index contributed by atoms with van der Waals surface area (Å²) in [6.07, 6.45) is 1.21. The van der Waals surface area contributed by atoms with Gasteiger partial charge in [-0.15, -0.1) is 0 Å². The normalized spacial score (nSPS) is 22.3. The van der Waals surface area contributed by atoms with Crippen LogP contribution in [0.2, 0.25) is 0 Å². The molecule has 1 N–H and O–H groups in total. The number of imide groups is 1. The highest BCUT2D eigenvalue weighted by atomic mass is 16.7. The zero-order valence-electron chi connectivity index (χ0n) is 29.3. The van der Waals surface area contributed by atoms with Crippen LogP contribution in [0.5, 0.6) is 0 Å². The zero-order valence-corrected chi connectivity index (χ0v) is 29.3. The van der Waals surface area contributed by atoms with Crippen molar-refractivity contribution in [2.75, 3.05) is 13.1 Å². The smallest absolute Gasteiger partial charge is 0.323 e. The van der Waals surface area contributed by atoms with Crippen LogP contribution in [0.4, 0.5) is 0 Å². The van der Waals surface area contributed by atoms with Gasteiger partial charge in [-0.3, -0.25) is 24.2 Å². The maximum atomic E-state index is 13.1. The molecule has 51 heavy (non-hydrogen) atoms. The summed E-state index contributed by atoms with van der Waals surface area (Å²) in [6, 6.07) is 30.4. The number of aliphatic hydroxyl groups is 1. The van der Waals surface area contributed by atoms with Gasteiger partial charge in [0.05, 0.1) is 36.5 Å². The molecule has 9 nitrogen and oxygen atoms in total. The van der Waals surface area contributed by atoms with Crippen LogP contribution in [0.3, 0.4) is 0 Å². The maximum absolute atomic E-state index is 13.1. The third kappa shape index (κ3) is 7.67. The molecule has 3 aliphatic rings. The van der Waals surface area contributed by atoms with Gasteiger partial charge in [-0.25, -0.2) is 0 Å². The molecular weight excluding hydrogens is 644 g/mol. The van der Waals surface area contributed by atoms with E-state index in [0.717, 1.165) is 52.8 Å². The van der Waals surface area contributed by atoms with Gasteiger partial charge < -0.3 is 19.3 Å². The lowest BCUT2D eigenvalue weighted by atomic mass is 9.98. The first kappa shape index (κ1) is 34.8. The van der Waals surface area contributed by atoms with Crippen molar-refractivity contribution in [1.82, 2.24) is 9.80 Å². The van der Waals surface area contributed by atoms with Crippen molar-refractivity contribution in [2.45, 2.75) is 83.3 Å². The second-order valence-electron chi connectivity index (χ2n) is 14.6. The van der Waals surface area contributed by atoms with E-state index in [1.54, 1.807) is 24.3 Å². The van der Waals surface area contributed by atoms with Crippen LogP contribution in [-0.2, 0) is 32.2 Å². The minimum atomic E-state index is -0.636. The van der Waals surface area contributed by atoms with E-state index < -0.39 is 11.9 Å². The number of carbonyl (C=O) groups is 3. The summed E-state index contributed by atoms with van der Waals surface area (Å²) in [4.78, 5) is 42.5. The SMILES string of the molecule is CC(C)(C)OC(=O)C1CCCN1CC1CC(c2ccc(CO)cc2)OC(c2ccc(-c3cccc(CN4C(=O)c5ccccc5C4=O)c3)cc2)O1. The molecule has 0 radical (unpaired) electrons. The Morgan fingerprint density at radius 2 is 1.51 bits per heavy atom. The molecule has 0 aromatic heterocycles. The van der Waals surface area contributed by atoms with Crippen LogP contribution < -0.4 is 0 Å². The number of hydrogen-bond acceptors (Lipinski definition) is 8. The summed E-state index contributed by atoms with van der Waals surface area (Å²) in [5, 5.41) is 9.59. The van der Waals surface area contributed by atoms with Gasteiger partial charge in [-0.1, -0.05) is 78.9 Å². The predicted octanol–water partition coefficient (Wildman–Crippen LogP) is 6.99. The van der Waals surface area contributed by atoms with E-state index >= 15 is 0 Å². The predicted molar refractivity (Wildman–Crippen MR) is 191 cm³/mol. The molecule has 9 heteroatoms. The molecule has 0 spiro atoms. The van der Waals surface area contributed by atoms with Gasteiger partial charge in [0.1, 0.15) is 11.6 Å². The second-order valence-corrected chi connectivity index (χ2v) is 14.6. The fourth-order valence-corrected chi connectivity index (χ4v) is 7.22. The summed E-state index contributed by atoms with van der Waals surface area (Å²) in [7, 11) is 0. The molecular formula is C42H44N2O7. The summed E-state index contributed by atoms with van der Waals surface area (Å²) in [5.41, 5.74) is 5.83. The molecule has 4 atom stereocenters. The molecule has 4 aromatic rings. The number of rotatable bonds is 9. The van der Waals surface area contributed by atoms with Gasteiger partial charge in [0.25, 0.3) is 11.8 Å². The molecule has 2 fully saturated rings. The standard InChI is InChI=1S/C42H44N2O7/c1-42(2,3)51-40(48)36-12-7-21-43(36)25-33-23-37(30-15-13-27(26-45)14-16-30)50-41(49-33)31-19-17-29(18-20-31)32-9-6-8-28(22-32)24-44-38(46)34-10-4-5-11-35(34)39(44)47/h4-6,8-11,13-20,22,33,36-37,41,45H,7,12,21,23-26H2,1-3H3. The van der Waals surface area contributed by atoms with E-state index in [-0.39, 0.29) is 49.2 Å². The number of aliphatic hydroxyl groups excluding tert-OH is 1. The summed E-state index contributed by atoms with van der Waals surface area (Å²) in [5.74, 6) is -0.740. The van der Waals surface area contributed by atoms with Crippen LogP contribution in [0.25, 0.3) is 11.1 Å². The van der Waals surface area contributed by atoms with Gasteiger partial charge in [0, 0.05) is 18.5 Å². The lowest BCUT2D eigenvalue weighted by molar-refractivity contribution is -0.253. The van der Waals surface area contributed by atoms with Gasteiger partial charge in [0.15, 0.2) is 6.29 Å². The minimum Gasteiger partial charge on any atom is -0.459 e. The number of esters is 1. The van der Waals surface area contributed by atoms with E-state index in [4.69, 9.17) is 14.2 Å². The molecule has 3 heterocycles. The molecule has 264 valence electrons. The summed E-state index contributed by atoms with van der Waals surface area (Å²) in [6.45, 7) is 7.21. The van der Waals surface area contributed by atoms with Crippen molar-refractivity contribution in [3.63, 3.8) is 0 Å². The van der Waals surface area contributed by atoms with E-state index in [2.05, 4.69) is 4.90 Å². The van der Waals surface area contributed by atoms with Gasteiger partial charge in [-0.2, -0.15) is 0 Å². The van der Waals surface area contributed by atoms with E-state index in [1.165, 1.54) is 4.90 Å². The lowest BCUT2D eigenvalue weighted by Gasteiger charge is -2.38. The first-order chi connectivity index (χ1) is 24.6. The minimum absolute atomic E-state index is 0.0286. The van der Waals surface area contributed by atoms with Gasteiger partial charge in [-0.05, 0) is 86.2 Å². The molecule has 4 unspecified atom stereocenters. The highest BCUT2D eigenvalue weighted by molar-refractivity contribution is 6.21. The topological polar surface area (TPSA) is 106 Å². The van der Waals surface area contributed by atoms with Crippen molar-refractivity contribution >= 4 is 17.8 Å². The van der Waals surface area contributed by atoms with E-state index in [0.29, 0.717) is 24.1 Å². The Hall–Kier alpha value is -4.67. The third-order valence-electron chi connectivity index (χ3n) is 9.76. The van der Waals surface area contributed by atoms with Crippen molar-refractivity contribution in [3.05, 3.63) is 130 Å². The average Bonchev–Trinajstić information content (AvgIpc) is 3.69. The van der Waals surface area contributed by atoms with Crippen molar-refractivity contribution in [1.29, 1.82) is 0 Å². The quantitative estimate of drug-likeness (QED) is 0.148. The first-order valence-electron chi connectivity index (χ1n) is 17.7. The van der Waals surface area contributed by atoms with Crippen molar-refractivity contribution in [3.8, 4) is 11.1 Å². The Bertz CT molecular complexity index is 1860. The van der Waals surface area contributed by atoms with Crippen LogP contribution in [0.1, 0.15) is 95.4 Å². The largest absolute Gasteiger partial charge is 0.459 e. The zero-order chi connectivity index (χ0) is 35.7. The average molecular weight is 689 g/mol. The van der Waals surface area contributed by atoms with Crippen molar-refractivity contribution < 1.29 is 33.7 Å². The number of ether oxygens (including phenoxy) is 3. The first-order valence-corrected chi connectivity index (χ1v) is 17.7. The molecule has 0 saturated carbocycles. The highest BCUT2D eigenvalue weighted by Crippen LogP contribution is 2.39. The second kappa shape index (κ2) is 14.5. The molecule has 7 rings (SSSR count). The van der Waals surface area contributed by atoms with Crippen LogP contribution in [-0.4, -0.2) is 63.5 Å². The number of hydrogen-bond donors (Lipinski definition) is 1. The monoisotopic (exact) mass is 688 g/mol. The number of benzene rings is 4. The van der Waals surface area contributed by atoms with Gasteiger partial charge in [0.2, 0.25) is 0 Å². The van der Waals surface area contributed by atoms with Crippen LogP contribution in [0, 0.1) is 0 Å². The van der Waals surface area contributed by atoms with E-state index in [9.17, 15) is 19.5 Å². The summed E-state index contributed by atoms with van der Waals surface area (Å²) >= 11 is 0. The molecule has 0 bridgehead atoms. The number of nitrogens with zero attached hydrogens (tertiary/aromatic N) is 2. The number of likely N-dealkylation sites (tertiary alicyclic amines) is 1. The van der Waals surface area contributed by atoms with Gasteiger partial charge >= 0.3 is 5.97 Å². The lowest BCUT2D eigenvalue weighted by Crippen LogP contribution is -2.45. The molecule has 4 aromatic carbocycles. The fraction of sp³-hybridized carbons (Fsp3) is 0.357. The maximum Gasteiger partial charge on any atom is 0.323 e. The number of amides is 2. The summed E-state index contributed by atoms with van der Waals surface area (Å²) < 4.78 is 19.0. The van der Waals surface area contributed by atoms with Crippen molar-refractivity contribution in [2.24, 2.45) is 0 Å². The number of fused-ring (bicyclic) bond motifs is 1. The Kier molecular flexibility index (Phi) is 9.90. The van der Waals surface area contributed by atoms with Crippen LogP contribution in [0.15, 0.2) is 97.1 Å². The molecule has 0 aliphatic carbocycles. The Labute approximate surface area is 298 Å². The Morgan fingerprint density at radius 1 is 0.824 bits per heavy atom. The molecule has 2 saturated heterocycles. The molecule has 3 aliphatic heterocycles. The van der Waals surface area contributed by atoms with Crippen LogP contribution >= 0.6 is 0 Å². The third-order valence-corrected chi connectivity index (χ3v) is 9.76.